The number of amides is 1. The third-order valence-corrected chi connectivity index (χ3v) is 3.91. The van der Waals surface area contributed by atoms with Crippen LogP contribution < -0.4 is 15.8 Å². The summed E-state index contributed by atoms with van der Waals surface area (Å²) < 4.78 is 10.6. The standard InChI is InChI=1S/C21H26N2O4/c1-4-11-26-21(25)16-7-10-18(22)19(12-16)27-13-20(24)23-17-8-5-15(6-9-17)14(2)3/h5-10,12,14H,4,11,13,22H2,1-3H3,(H,23,24). The van der Waals surface area contributed by atoms with Crippen molar-refractivity contribution in [1.82, 2.24) is 0 Å². The molecule has 0 aromatic heterocycles. The molecule has 2 aromatic rings. The summed E-state index contributed by atoms with van der Waals surface area (Å²) in [6, 6.07) is 12.3. The highest BCUT2D eigenvalue weighted by Gasteiger charge is 2.12. The van der Waals surface area contributed by atoms with Gasteiger partial charge in [0.1, 0.15) is 5.75 Å². The Morgan fingerprint density at radius 1 is 1.11 bits per heavy atom. The molecular weight excluding hydrogens is 344 g/mol. The number of rotatable bonds is 8. The summed E-state index contributed by atoms with van der Waals surface area (Å²) in [5.74, 6) is -0.0642. The Bertz CT molecular complexity index is 785. The Hall–Kier alpha value is -3.02. The minimum Gasteiger partial charge on any atom is -0.482 e. The third kappa shape index (κ3) is 6.02. The Morgan fingerprint density at radius 3 is 2.44 bits per heavy atom. The maximum Gasteiger partial charge on any atom is 0.338 e. The van der Waals surface area contributed by atoms with Crippen LogP contribution in [0.5, 0.6) is 5.75 Å². The topological polar surface area (TPSA) is 90.7 Å². The lowest BCUT2D eigenvalue weighted by Gasteiger charge is -2.12. The molecule has 0 unspecified atom stereocenters. The SMILES string of the molecule is CCCOC(=O)c1ccc(N)c(OCC(=O)Nc2ccc(C(C)C)cc2)c1. The van der Waals surface area contributed by atoms with Gasteiger partial charge >= 0.3 is 5.97 Å². The maximum atomic E-state index is 12.1. The number of carbonyl (C=O) groups excluding carboxylic acids is 2. The fourth-order valence-corrected chi connectivity index (χ4v) is 2.36. The molecule has 0 aliphatic rings. The van der Waals surface area contributed by atoms with Crippen LogP contribution >= 0.6 is 0 Å². The van der Waals surface area contributed by atoms with Gasteiger partial charge in [-0.3, -0.25) is 4.79 Å². The van der Waals surface area contributed by atoms with Crippen LogP contribution in [0.2, 0.25) is 0 Å². The number of esters is 1. The van der Waals surface area contributed by atoms with Crippen LogP contribution in [-0.2, 0) is 9.53 Å². The maximum absolute atomic E-state index is 12.1. The number of hydrogen-bond acceptors (Lipinski definition) is 5. The van der Waals surface area contributed by atoms with Crippen molar-refractivity contribution in [2.75, 3.05) is 24.3 Å². The van der Waals surface area contributed by atoms with E-state index in [9.17, 15) is 9.59 Å². The molecule has 2 rings (SSSR count). The molecule has 0 heterocycles. The van der Waals surface area contributed by atoms with Crippen molar-refractivity contribution in [2.24, 2.45) is 0 Å². The van der Waals surface area contributed by atoms with E-state index in [4.69, 9.17) is 15.2 Å². The molecule has 27 heavy (non-hydrogen) atoms. The van der Waals surface area contributed by atoms with Gasteiger partial charge in [0.15, 0.2) is 6.61 Å². The normalized spacial score (nSPS) is 10.5. The number of benzene rings is 2. The Kier molecular flexibility index (Phi) is 7.23. The summed E-state index contributed by atoms with van der Waals surface area (Å²) in [6.07, 6.45) is 0.738. The van der Waals surface area contributed by atoms with Crippen LogP contribution in [0.1, 0.15) is 49.0 Å². The zero-order valence-corrected chi connectivity index (χ0v) is 16.0. The first-order valence-electron chi connectivity index (χ1n) is 9.00. The fourth-order valence-electron chi connectivity index (χ4n) is 2.36. The van der Waals surface area contributed by atoms with Gasteiger partial charge in [0, 0.05) is 5.69 Å². The smallest absolute Gasteiger partial charge is 0.338 e. The van der Waals surface area contributed by atoms with E-state index in [2.05, 4.69) is 19.2 Å². The van der Waals surface area contributed by atoms with Crippen LogP contribution in [0.4, 0.5) is 11.4 Å². The van der Waals surface area contributed by atoms with Gasteiger partial charge in [0.25, 0.3) is 5.91 Å². The van der Waals surface area contributed by atoms with E-state index in [0.717, 1.165) is 6.42 Å². The van der Waals surface area contributed by atoms with Crippen LogP contribution in [0.15, 0.2) is 42.5 Å². The summed E-state index contributed by atoms with van der Waals surface area (Å²) in [6.45, 7) is 6.26. The lowest BCUT2D eigenvalue weighted by atomic mass is 10.0. The lowest BCUT2D eigenvalue weighted by molar-refractivity contribution is -0.118. The first kappa shape index (κ1) is 20.3. The predicted molar refractivity (Wildman–Crippen MR) is 106 cm³/mol. The number of ether oxygens (including phenoxy) is 2. The number of nitrogen functional groups attached to an aromatic ring is 1. The van der Waals surface area contributed by atoms with E-state index in [0.29, 0.717) is 29.5 Å². The quantitative estimate of drug-likeness (QED) is 0.542. The molecule has 0 fully saturated rings. The Balaban J connectivity index is 1.94. The lowest BCUT2D eigenvalue weighted by Crippen LogP contribution is -2.20. The number of nitrogens with two attached hydrogens (primary N) is 1. The number of carbonyl (C=O) groups is 2. The van der Waals surface area contributed by atoms with E-state index in [1.807, 2.05) is 31.2 Å². The van der Waals surface area contributed by atoms with Crippen molar-refractivity contribution in [3.8, 4) is 5.75 Å². The fraction of sp³-hybridized carbons (Fsp3) is 0.333. The van der Waals surface area contributed by atoms with Crippen LogP contribution in [0.25, 0.3) is 0 Å². The Morgan fingerprint density at radius 2 is 1.81 bits per heavy atom. The number of hydrogen-bond donors (Lipinski definition) is 2. The van der Waals surface area contributed by atoms with Crippen LogP contribution in [0, 0.1) is 0 Å². The summed E-state index contributed by atoms with van der Waals surface area (Å²) in [4.78, 5) is 24.0. The molecule has 0 saturated carbocycles. The monoisotopic (exact) mass is 370 g/mol. The van der Waals surface area contributed by atoms with E-state index < -0.39 is 5.97 Å². The van der Waals surface area contributed by atoms with Gasteiger partial charge in [0.05, 0.1) is 17.9 Å². The molecule has 144 valence electrons. The average molecular weight is 370 g/mol. The molecule has 2 aromatic carbocycles. The van der Waals surface area contributed by atoms with Gasteiger partial charge in [-0.15, -0.1) is 0 Å². The molecule has 0 radical (unpaired) electrons. The predicted octanol–water partition coefficient (Wildman–Crippen LogP) is 3.98. The van der Waals surface area contributed by atoms with Crippen molar-refractivity contribution in [1.29, 1.82) is 0 Å². The minimum atomic E-state index is -0.448. The first-order chi connectivity index (χ1) is 12.9. The van der Waals surface area contributed by atoms with Gasteiger partial charge < -0.3 is 20.5 Å². The Labute approximate surface area is 159 Å². The second-order valence-corrected chi connectivity index (χ2v) is 6.50. The minimum absolute atomic E-state index is 0.219. The zero-order chi connectivity index (χ0) is 19.8. The molecule has 0 spiro atoms. The van der Waals surface area contributed by atoms with Crippen LogP contribution in [-0.4, -0.2) is 25.1 Å². The molecule has 0 saturated heterocycles. The van der Waals surface area contributed by atoms with E-state index in [-0.39, 0.29) is 18.3 Å². The van der Waals surface area contributed by atoms with Gasteiger partial charge in [-0.2, -0.15) is 0 Å². The molecule has 0 aliphatic carbocycles. The van der Waals surface area contributed by atoms with Crippen molar-refractivity contribution in [2.45, 2.75) is 33.1 Å². The van der Waals surface area contributed by atoms with E-state index in [1.165, 1.54) is 11.6 Å². The molecule has 0 atom stereocenters. The van der Waals surface area contributed by atoms with Gasteiger partial charge in [-0.25, -0.2) is 4.79 Å². The molecule has 0 aliphatic heterocycles. The highest BCUT2D eigenvalue weighted by molar-refractivity contribution is 5.92. The molecular formula is C21H26N2O4. The zero-order valence-electron chi connectivity index (χ0n) is 16.0. The van der Waals surface area contributed by atoms with Gasteiger partial charge in [0.2, 0.25) is 0 Å². The summed E-state index contributed by atoms with van der Waals surface area (Å²) in [5, 5.41) is 2.77. The molecule has 0 bridgehead atoms. The van der Waals surface area contributed by atoms with Gasteiger partial charge in [-0.1, -0.05) is 32.9 Å². The largest absolute Gasteiger partial charge is 0.482 e. The average Bonchev–Trinajstić information content (AvgIpc) is 2.65. The van der Waals surface area contributed by atoms with Gasteiger partial charge in [-0.05, 0) is 48.2 Å². The summed E-state index contributed by atoms with van der Waals surface area (Å²) >= 11 is 0. The van der Waals surface area contributed by atoms with Crippen molar-refractivity contribution >= 4 is 23.3 Å². The highest BCUT2D eigenvalue weighted by Crippen LogP contribution is 2.23. The van der Waals surface area contributed by atoms with Crippen molar-refractivity contribution in [3.63, 3.8) is 0 Å². The molecule has 3 N–H and O–H groups in total. The number of anilines is 2. The van der Waals surface area contributed by atoms with Crippen molar-refractivity contribution < 1.29 is 19.1 Å². The second kappa shape index (κ2) is 9.62. The molecule has 6 heteroatoms. The summed E-state index contributed by atoms with van der Waals surface area (Å²) in [7, 11) is 0. The van der Waals surface area contributed by atoms with Crippen LogP contribution in [0.3, 0.4) is 0 Å². The third-order valence-electron chi connectivity index (χ3n) is 3.91. The molecule has 6 nitrogen and oxygen atoms in total. The second-order valence-electron chi connectivity index (χ2n) is 6.50. The first-order valence-corrected chi connectivity index (χ1v) is 9.00. The van der Waals surface area contributed by atoms with E-state index >= 15 is 0 Å². The molecule has 1 amide bonds. The van der Waals surface area contributed by atoms with E-state index in [1.54, 1.807) is 12.1 Å². The highest BCUT2D eigenvalue weighted by atomic mass is 16.5. The summed E-state index contributed by atoms with van der Waals surface area (Å²) in [5.41, 5.74) is 8.43. The van der Waals surface area contributed by atoms with Crippen molar-refractivity contribution in [3.05, 3.63) is 53.6 Å². The number of nitrogens with one attached hydrogen (secondary N) is 1.